The number of sulfonamides is 1. The van der Waals surface area contributed by atoms with Gasteiger partial charge in [-0.1, -0.05) is 31.4 Å². The van der Waals surface area contributed by atoms with Crippen LogP contribution in [-0.4, -0.2) is 49.7 Å². The molecule has 1 saturated heterocycles. The van der Waals surface area contributed by atoms with Crippen molar-refractivity contribution in [2.75, 3.05) is 26.2 Å². The first-order valence-corrected chi connectivity index (χ1v) is 13.3. The third-order valence-corrected chi connectivity index (χ3v) is 8.56. The number of piperazine rings is 1. The molecule has 0 unspecified atom stereocenters. The minimum absolute atomic E-state index is 0.108. The number of rotatable bonds is 5. The Labute approximate surface area is 197 Å². The van der Waals surface area contributed by atoms with Crippen molar-refractivity contribution >= 4 is 15.9 Å². The number of nitrogens with zero attached hydrogens (tertiary/aromatic N) is 2. The molecule has 0 radical (unpaired) electrons. The highest BCUT2D eigenvalue weighted by atomic mass is 32.2. The van der Waals surface area contributed by atoms with E-state index in [4.69, 9.17) is 4.74 Å². The summed E-state index contributed by atoms with van der Waals surface area (Å²) in [6.07, 6.45) is 5.35. The smallest absolute Gasteiger partial charge is 0.246 e. The first-order valence-electron chi connectivity index (χ1n) is 11.9. The van der Waals surface area contributed by atoms with E-state index in [1.807, 2.05) is 49.9 Å². The molecular formula is C26H34N2O4S. The molecular weight excluding hydrogens is 436 g/mol. The fourth-order valence-corrected chi connectivity index (χ4v) is 6.54. The molecule has 0 aromatic heterocycles. The number of amides is 1. The monoisotopic (exact) mass is 470 g/mol. The second-order valence-electron chi connectivity index (χ2n) is 9.44. The zero-order valence-corrected chi connectivity index (χ0v) is 20.7. The average Bonchev–Trinajstić information content (AvgIpc) is 2.80. The van der Waals surface area contributed by atoms with Crippen LogP contribution in [0.3, 0.4) is 0 Å². The molecule has 178 valence electrons. The molecule has 6 nitrogen and oxygen atoms in total. The SMILES string of the molecule is Cc1cc(C)cc(Oc2ccc(C)cc2S(=O)(=O)N2CCN(C(=O)C3CCCCC3)CC2)c1. The molecule has 4 rings (SSSR count). The lowest BCUT2D eigenvalue weighted by Crippen LogP contribution is -2.52. The van der Waals surface area contributed by atoms with Gasteiger partial charge in [0.1, 0.15) is 16.4 Å². The van der Waals surface area contributed by atoms with Crippen molar-refractivity contribution in [1.82, 2.24) is 9.21 Å². The van der Waals surface area contributed by atoms with Gasteiger partial charge < -0.3 is 9.64 Å². The van der Waals surface area contributed by atoms with Crippen molar-refractivity contribution in [2.45, 2.75) is 57.8 Å². The Kier molecular flexibility index (Phi) is 7.10. The van der Waals surface area contributed by atoms with Gasteiger partial charge in [-0.05, 0) is 74.6 Å². The highest BCUT2D eigenvalue weighted by Crippen LogP contribution is 2.33. The van der Waals surface area contributed by atoms with Crippen molar-refractivity contribution in [3.05, 3.63) is 53.1 Å². The first kappa shape index (κ1) is 23.8. The summed E-state index contributed by atoms with van der Waals surface area (Å²) in [7, 11) is -3.76. The van der Waals surface area contributed by atoms with Gasteiger partial charge in [0.15, 0.2) is 0 Å². The molecule has 2 fully saturated rings. The van der Waals surface area contributed by atoms with Gasteiger partial charge in [-0.3, -0.25) is 4.79 Å². The molecule has 2 aromatic rings. The summed E-state index contributed by atoms with van der Waals surface area (Å²) in [6, 6.07) is 11.1. The van der Waals surface area contributed by atoms with Crippen LogP contribution < -0.4 is 4.74 Å². The van der Waals surface area contributed by atoms with Crippen LogP contribution in [0.2, 0.25) is 0 Å². The minimum atomic E-state index is -3.76. The van der Waals surface area contributed by atoms with Gasteiger partial charge in [0, 0.05) is 32.1 Å². The molecule has 2 aliphatic rings. The molecule has 2 aromatic carbocycles. The van der Waals surface area contributed by atoms with E-state index in [1.54, 1.807) is 12.1 Å². The van der Waals surface area contributed by atoms with Crippen LogP contribution in [0.15, 0.2) is 41.3 Å². The number of carbonyl (C=O) groups is 1. The lowest BCUT2D eigenvalue weighted by Gasteiger charge is -2.36. The fraction of sp³-hybridized carbons (Fsp3) is 0.500. The Morgan fingerprint density at radius 2 is 1.48 bits per heavy atom. The molecule has 33 heavy (non-hydrogen) atoms. The summed E-state index contributed by atoms with van der Waals surface area (Å²) in [6.45, 7) is 7.33. The Hall–Kier alpha value is -2.38. The fourth-order valence-electron chi connectivity index (χ4n) is 4.92. The Bertz CT molecular complexity index is 1090. The van der Waals surface area contributed by atoms with Crippen molar-refractivity contribution < 1.29 is 17.9 Å². The van der Waals surface area contributed by atoms with Crippen LogP contribution in [-0.2, 0) is 14.8 Å². The van der Waals surface area contributed by atoms with Gasteiger partial charge in [-0.15, -0.1) is 0 Å². The Balaban J connectivity index is 1.51. The molecule has 1 saturated carbocycles. The highest BCUT2D eigenvalue weighted by molar-refractivity contribution is 7.89. The summed E-state index contributed by atoms with van der Waals surface area (Å²) < 4.78 is 34.8. The number of carbonyl (C=O) groups excluding carboxylic acids is 1. The summed E-state index contributed by atoms with van der Waals surface area (Å²) in [5.74, 6) is 1.25. The van der Waals surface area contributed by atoms with Gasteiger partial charge in [0.05, 0.1) is 0 Å². The van der Waals surface area contributed by atoms with Crippen molar-refractivity contribution in [1.29, 1.82) is 0 Å². The van der Waals surface area contributed by atoms with Crippen LogP contribution in [0, 0.1) is 26.7 Å². The second kappa shape index (κ2) is 9.85. The first-order chi connectivity index (χ1) is 15.7. The number of hydrogen-bond donors (Lipinski definition) is 0. The summed E-state index contributed by atoms with van der Waals surface area (Å²) in [4.78, 5) is 14.9. The van der Waals surface area contributed by atoms with Crippen LogP contribution >= 0.6 is 0 Å². The third kappa shape index (κ3) is 5.41. The molecule has 0 spiro atoms. The lowest BCUT2D eigenvalue weighted by molar-refractivity contribution is -0.137. The van der Waals surface area contributed by atoms with Crippen molar-refractivity contribution in [2.24, 2.45) is 5.92 Å². The largest absolute Gasteiger partial charge is 0.456 e. The maximum atomic E-state index is 13.6. The number of hydrogen-bond acceptors (Lipinski definition) is 4. The van der Waals surface area contributed by atoms with E-state index < -0.39 is 10.0 Å². The van der Waals surface area contributed by atoms with E-state index in [0.717, 1.165) is 42.4 Å². The van der Waals surface area contributed by atoms with E-state index in [1.165, 1.54) is 10.7 Å². The summed E-state index contributed by atoms with van der Waals surface area (Å²) in [5, 5.41) is 0. The zero-order chi connectivity index (χ0) is 23.6. The average molecular weight is 471 g/mol. The number of benzene rings is 2. The lowest BCUT2D eigenvalue weighted by atomic mass is 9.88. The van der Waals surface area contributed by atoms with Gasteiger partial charge in [-0.25, -0.2) is 8.42 Å². The van der Waals surface area contributed by atoms with Gasteiger partial charge in [-0.2, -0.15) is 4.31 Å². The van der Waals surface area contributed by atoms with Gasteiger partial charge in [0.2, 0.25) is 15.9 Å². The quantitative estimate of drug-likeness (QED) is 0.629. The maximum absolute atomic E-state index is 13.6. The standard InChI is InChI=1S/C26H34N2O4S/c1-19-9-10-24(32-23-16-20(2)15-21(3)17-23)25(18-19)33(30,31)28-13-11-27(12-14-28)26(29)22-7-5-4-6-8-22/h9-10,15-18,22H,4-8,11-14H2,1-3H3. The van der Waals surface area contributed by atoms with E-state index >= 15 is 0 Å². The zero-order valence-electron chi connectivity index (χ0n) is 19.8. The van der Waals surface area contributed by atoms with Crippen LogP contribution in [0.4, 0.5) is 0 Å². The van der Waals surface area contributed by atoms with E-state index in [0.29, 0.717) is 37.7 Å². The van der Waals surface area contributed by atoms with E-state index in [9.17, 15) is 13.2 Å². The topological polar surface area (TPSA) is 66.9 Å². The molecule has 1 aliphatic carbocycles. The number of aryl methyl sites for hydroxylation is 3. The summed E-state index contributed by atoms with van der Waals surface area (Å²) in [5.41, 5.74) is 2.97. The molecule has 1 amide bonds. The van der Waals surface area contributed by atoms with Crippen LogP contribution in [0.25, 0.3) is 0 Å². The minimum Gasteiger partial charge on any atom is -0.456 e. The summed E-state index contributed by atoms with van der Waals surface area (Å²) >= 11 is 0. The number of ether oxygens (including phenoxy) is 1. The van der Waals surface area contributed by atoms with Gasteiger partial charge >= 0.3 is 0 Å². The maximum Gasteiger partial charge on any atom is 0.246 e. The van der Waals surface area contributed by atoms with Crippen LogP contribution in [0.5, 0.6) is 11.5 Å². The Morgan fingerprint density at radius 3 is 2.12 bits per heavy atom. The Morgan fingerprint density at radius 1 is 0.848 bits per heavy atom. The molecule has 0 bridgehead atoms. The molecule has 7 heteroatoms. The molecule has 1 aliphatic heterocycles. The predicted molar refractivity (Wildman–Crippen MR) is 129 cm³/mol. The second-order valence-corrected chi connectivity index (χ2v) is 11.3. The third-order valence-electron chi connectivity index (χ3n) is 6.64. The van der Waals surface area contributed by atoms with E-state index in [-0.39, 0.29) is 16.7 Å². The highest BCUT2D eigenvalue weighted by Gasteiger charge is 2.34. The predicted octanol–water partition coefficient (Wildman–Crippen LogP) is 4.82. The molecule has 1 heterocycles. The van der Waals surface area contributed by atoms with Crippen molar-refractivity contribution in [3.8, 4) is 11.5 Å². The molecule has 0 N–H and O–H groups in total. The van der Waals surface area contributed by atoms with E-state index in [2.05, 4.69) is 0 Å². The van der Waals surface area contributed by atoms with Crippen molar-refractivity contribution in [3.63, 3.8) is 0 Å². The van der Waals surface area contributed by atoms with Gasteiger partial charge in [0.25, 0.3) is 0 Å². The normalized spacial score (nSPS) is 18.3. The van der Waals surface area contributed by atoms with Crippen LogP contribution in [0.1, 0.15) is 48.8 Å². The molecule has 0 atom stereocenters.